The summed E-state index contributed by atoms with van der Waals surface area (Å²) < 4.78 is 36.7. The smallest absolute Gasteiger partial charge is 0.149 e. The standard InChI is InChI=1S/C12H13FN2O2S/c1-18(16,17)6-5-15-9-11(8-14-15)10-3-2-4-12(13)7-10/h2-4,7-9H,5-6H2,1H3. The predicted octanol–water partition coefficient (Wildman–Crippen LogP) is 1.73. The van der Waals surface area contributed by atoms with Gasteiger partial charge in [-0.05, 0) is 17.7 Å². The van der Waals surface area contributed by atoms with Crippen LogP contribution in [0.1, 0.15) is 0 Å². The van der Waals surface area contributed by atoms with Crippen molar-refractivity contribution in [2.75, 3.05) is 12.0 Å². The van der Waals surface area contributed by atoms with E-state index in [-0.39, 0.29) is 11.6 Å². The van der Waals surface area contributed by atoms with Gasteiger partial charge in [0.2, 0.25) is 0 Å². The van der Waals surface area contributed by atoms with E-state index >= 15 is 0 Å². The van der Waals surface area contributed by atoms with Crippen LogP contribution in [0, 0.1) is 5.82 Å². The lowest BCUT2D eigenvalue weighted by Gasteiger charge is -1.99. The second-order valence-corrected chi connectivity index (χ2v) is 6.39. The molecule has 0 saturated heterocycles. The lowest BCUT2D eigenvalue weighted by molar-refractivity contribution is 0.586. The highest BCUT2D eigenvalue weighted by molar-refractivity contribution is 7.90. The molecule has 0 spiro atoms. The molecule has 0 atom stereocenters. The van der Waals surface area contributed by atoms with Crippen molar-refractivity contribution >= 4 is 9.84 Å². The summed E-state index contributed by atoms with van der Waals surface area (Å²) in [6.45, 7) is 0.300. The van der Waals surface area contributed by atoms with Crippen molar-refractivity contribution in [3.05, 3.63) is 42.5 Å². The fourth-order valence-electron chi connectivity index (χ4n) is 1.56. The minimum Gasteiger partial charge on any atom is -0.271 e. The Morgan fingerprint density at radius 3 is 2.78 bits per heavy atom. The molecule has 0 aliphatic carbocycles. The molecule has 0 unspecified atom stereocenters. The van der Waals surface area contributed by atoms with Crippen LogP contribution in [0.25, 0.3) is 11.1 Å². The Bertz CT molecular complexity index is 650. The molecule has 0 N–H and O–H groups in total. The van der Waals surface area contributed by atoms with Crippen LogP contribution in [0.2, 0.25) is 0 Å². The maximum Gasteiger partial charge on any atom is 0.149 e. The van der Waals surface area contributed by atoms with Crippen LogP contribution in [-0.4, -0.2) is 30.2 Å². The highest BCUT2D eigenvalue weighted by Gasteiger charge is 2.06. The molecule has 96 valence electrons. The molecule has 1 heterocycles. The van der Waals surface area contributed by atoms with E-state index < -0.39 is 9.84 Å². The van der Waals surface area contributed by atoms with E-state index in [0.29, 0.717) is 6.54 Å². The minimum absolute atomic E-state index is 0.0390. The summed E-state index contributed by atoms with van der Waals surface area (Å²) in [6, 6.07) is 6.19. The van der Waals surface area contributed by atoms with Gasteiger partial charge in [0.15, 0.2) is 0 Å². The highest BCUT2D eigenvalue weighted by Crippen LogP contribution is 2.19. The molecule has 0 aliphatic rings. The van der Waals surface area contributed by atoms with Gasteiger partial charge < -0.3 is 0 Å². The number of halogens is 1. The third-order valence-corrected chi connectivity index (χ3v) is 3.41. The second kappa shape index (κ2) is 4.89. The van der Waals surface area contributed by atoms with Crippen LogP contribution in [0.3, 0.4) is 0 Å². The highest BCUT2D eigenvalue weighted by atomic mass is 32.2. The molecule has 0 saturated carbocycles. The van der Waals surface area contributed by atoms with Crippen molar-refractivity contribution in [3.8, 4) is 11.1 Å². The monoisotopic (exact) mass is 268 g/mol. The van der Waals surface area contributed by atoms with Gasteiger partial charge in [-0.25, -0.2) is 12.8 Å². The Labute approximate surface area is 105 Å². The van der Waals surface area contributed by atoms with E-state index in [9.17, 15) is 12.8 Å². The number of hydrogen-bond acceptors (Lipinski definition) is 3. The fourth-order valence-corrected chi connectivity index (χ4v) is 2.08. The van der Waals surface area contributed by atoms with Gasteiger partial charge in [-0.3, -0.25) is 4.68 Å². The number of sulfone groups is 1. The quantitative estimate of drug-likeness (QED) is 0.848. The molecule has 18 heavy (non-hydrogen) atoms. The average molecular weight is 268 g/mol. The predicted molar refractivity (Wildman–Crippen MR) is 67.3 cm³/mol. The van der Waals surface area contributed by atoms with Crippen LogP contribution in [-0.2, 0) is 16.4 Å². The summed E-state index contributed by atoms with van der Waals surface area (Å²) in [5, 5.41) is 4.06. The number of aryl methyl sites for hydroxylation is 1. The van der Waals surface area contributed by atoms with Gasteiger partial charge in [-0.15, -0.1) is 0 Å². The van der Waals surface area contributed by atoms with Gasteiger partial charge in [0, 0.05) is 18.0 Å². The molecule has 0 bridgehead atoms. The van der Waals surface area contributed by atoms with Crippen molar-refractivity contribution < 1.29 is 12.8 Å². The molecule has 2 rings (SSSR count). The first kappa shape index (κ1) is 12.8. The van der Waals surface area contributed by atoms with Gasteiger partial charge in [0.1, 0.15) is 15.7 Å². The van der Waals surface area contributed by atoms with Gasteiger partial charge >= 0.3 is 0 Å². The molecule has 0 fully saturated rings. The Kier molecular flexibility index (Phi) is 3.47. The van der Waals surface area contributed by atoms with Gasteiger partial charge in [0.25, 0.3) is 0 Å². The molecule has 2 aromatic rings. The minimum atomic E-state index is -3.01. The van der Waals surface area contributed by atoms with Gasteiger partial charge in [-0.2, -0.15) is 5.10 Å². The van der Waals surface area contributed by atoms with Gasteiger partial charge in [-0.1, -0.05) is 12.1 Å². The normalized spacial score (nSPS) is 11.7. The van der Waals surface area contributed by atoms with Crippen molar-refractivity contribution in [2.45, 2.75) is 6.54 Å². The Morgan fingerprint density at radius 1 is 1.33 bits per heavy atom. The summed E-state index contributed by atoms with van der Waals surface area (Å²) in [5.41, 5.74) is 1.49. The molecule has 0 radical (unpaired) electrons. The molecule has 4 nitrogen and oxygen atoms in total. The van der Waals surface area contributed by atoms with E-state index in [1.165, 1.54) is 18.4 Å². The van der Waals surface area contributed by atoms with Crippen molar-refractivity contribution in [3.63, 3.8) is 0 Å². The number of hydrogen-bond donors (Lipinski definition) is 0. The van der Waals surface area contributed by atoms with Crippen LogP contribution in [0.4, 0.5) is 4.39 Å². The van der Waals surface area contributed by atoms with E-state index in [4.69, 9.17) is 0 Å². The van der Waals surface area contributed by atoms with E-state index in [2.05, 4.69) is 5.10 Å². The third kappa shape index (κ3) is 3.40. The molecular formula is C12H13FN2O2S. The molecule has 0 amide bonds. The van der Waals surface area contributed by atoms with Crippen molar-refractivity contribution in [1.82, 2.24) is 9.78 Å². The maximum absolute atomic E-state index is 13.1. The summed E-state index contributed by atoms with van der Waals surface area (Å²) in [5.74, 6) is -0.270. The number of aromatic nitrogens is 2. The molecule has 6 heteroatoms. The van der Waals surface area contributed by atoms with Gasteiger partial charge in [0.05, 0.1) is 18.5 Å². The average Bonchev–Trinajstić information content (AvgIpc) is 2.74. The van der Waals surface area contributed by atoms with E-state index in [1.807, 2.05) is 0 Å². The number of rotatable bonds is 4. The largest absolute Gasteiger partial charge is 0.271 e. The summed E-state index contributed by atoms with van der Waals surface area (Å²) in [7, 11) is -3.01. The molecule has 1 aromatic carbocycles. The summed E-state index contributed by atoms with van der Waals surface area (Å²) >= 11 is 0. The van der Waals surface area contributed by atoms with Crippen LogP contribution in [0.5, 0.6) is 0 Å². The van der Waals surface area contributed by atoms with E-state index in [0.717, 1.165) is 11.1 Å². The molecule has 1 aromatic heterocycles. The van der Waals surface area contributed by atoms with Crippen LogP contribution >= 0.6 is 0 Å². The zero-order chi connectivity index (χ0) is 13.2. The molecule has 0 aliphatic heterocycles. The first-order valence-electron chi connectivity index (χ1n) is 5.40. The third-order valence-electron chi connectivity index (χ3n) is 2.48. The van der Waals surface area contributed by atoms with Crippen LogP contribution < -0.4 is 0 Å². The SMILES string of the molecule is CS(=O)(=O)CCn1cc(-c2cccc(F)c2)cn1. The van der Waals surface area contributed by atoms with Crippen molar-refractivity contribution in [1.29, 1.82) is 0 Å². The number of nitrogens with zero attached hydrogens (tertiary/aromatic N) is 2. The lowest BCUT2D eigenvalue weighted by Crippen LogP contribution is -2.11. The lowest BCUT2D eigenvalue weighted by atomic mass is 10.1. The van der Waals surface area contributed by atoms with Crippen LogP contribution in [0.15, 0.2) is 36.7 Å². The topological polar surface area (TPSA) is 52.0 Å². The second-order valence-electron chi connectivity index (χ2n) is 4.13. The maximum atomic E-state index is 13.1. The first-order chi connectivity index (χ1) is 8.44. The zero-order valence-electron chi connectivity index (χ0n) is 9.88. The Hall–Kier alpha value is -1.69. The fraction of sp³-hybridized carbons (Fsp3) is 0.250. The van der Waals surface area contributed by atoms with E-state index in [1.54, 1.807) is 29.2 Å². The Morgan fingerprint density at radius 2 is 2.11 bits per heavy atom. The van der Waals surface area contributed by atoms with Crippen molar-refractivity contribution in [2.24, 2.45) is 0 Å². The Balaban J connectivity index is 2.16. The summed E-state index contributed by atoms with van der Waals surface area (Å²) in [6.07, 6.45) is 4.49. The first-order valence-corrected chi connectivity index (χ1v) is 7.46. The zero-order valence-corrected chi connectivity index (χ0v) is 10.7. The number of benzene rings is 1. The summed E-state index contributed by atoms with van der Waals surface area (Å²) in [4.78, 5) is 0. The molecular weight excluding hydrogens is 255 g/mol.